The van der Waals surface area contributed by atoms with Crippen molar-refractivity contribution in [3.8, 4) is 5.75 Å². The number of carbonyl (C=O) groups is 2. The van der Waals surface area contributed by atoms with E-state index in [2.05, 4.69) is 4.74 Å². The molecule has 5 heteroatoms. The highest BCUT2D eigenvalue weighted by Crippen LogP contribution is 2.11. The molecule has 0 radical (unpaired) electrons. The van der Waals surface area contributed by atoms with E-state index < -0.39 is 12.1 Å². The van der Waals surface area contributed by atoms with Crippen molar-refractivity contribution < 1.29 is 24.2 Å². The predicted molar refractivity (Wildman–Crippen MR) is 55.0 cm³/mol. The van der Waals surface area contributed by atoms with Gasteiger partial charge in [-0.2, -0.15) is 0 Å². The average molecular weight is 224 g/mol. The average Bonchev–Trinajstić information content (AvgIpc) is 2.27. The lowest BCUT2D eigenvalue weighted by Gasteiger charge is -2.11. The number of aromatic hydroxyl groups is 1. The zero-order valence-corrected chi connectivity index (χ0v) is 8.75. The van der Waals surface area contributed by atoms with Gasteiger partial charge in [0, 0.05) is 0 Å². The van der Waals surface area contributed by atoms with Crippen LogP contribution in [0.2, 0.25) is 0 Å². The van der Waals surface area contributed by atoms with E-state index in [0.717, 1.165) is 0 Å². The van der Waals surface area contributed by atoms with Crippen LogP contribution in [0.4, 0.5) is 0 Å². The summed E-state index contributed by atoms with van der Waals surface area (Å²) in [7, 11) is 0. The van der Waals surface area contributed by atoms with E-state index in [1.54, 1.807) is 6.92 Å². The first-order valence-corrected chi connectivity index (χ1v) is 4.68. The van der Waals surface area contributed by atoms with Crippen molar-refractivity contribution in [3.63, 3.8) is 0 Å². The predicted octanol–water partition coefficient (Wildman–Crippen LogP) is 1.11. The molecule has 5 nitrogen and oxygen atoms in total. The first-order chi connectivity index (χ1) is 7.63. The third-order valence-corrected chi connectivity index (χ3v) is 1.81. The van der Waals surface area contributed by atoms with Gasteiger partial charge in [-0.05, 0) is 31.2 Å². The Balaban J connectivity index is 2.51. The number of benzene rings is 1. The molecule has 1 aromatic carbocycles. The van der Waals surface area contributed by atoms with Crippen molar-refractivity contribution in [1.82, 2.24) is 0 Å². The van der Waals surface area contributed by atoms with Gasteiger partial charge in [0.1, 0.15) is 18.5 Å². The van der Waals surface area contributed by atoms with E-state index in [0.29, 0.717) is 12.0 Å². The highest BCUT2D eigenvalue weighted by Gasteiger charge is 2.11. The molecule has 1 N–H and O–H groups in total. The molecular weight excluding hydrogens is 212 g/mol. The molecule has 16 heavy (non-hydrogen) atoms. The highest BCUT2D eigenvalue weighted by molar-refractivity contribution is 5.89. The topological polar surface area (TPSA) is 72.8 Å². The molecule has 0 aromatic heterocycles. The maximum absolute atomic E-state index is 11.5. The van der Waals surface area contributed by atoms with Gasteiger partial charge in [0.05, 0.1) is 5.56 Å². The molecule has 0 spiro atoms. The molecule has 0 saturated carbocycles. The number of phenols is 1. The third-order valence-electron chi connectivity index (χ3n) is 1.81. The zero-order chi connectivity index (χ0) is 12.0. The zero-order valence-electron chi connectivity index (χ0n) is 8.75. The second kappa shape index (κ2) is 5.75. The lowest BCUT2D eigenvalue weighted by atomic mass is 10.2. The molecule has 0 amide bonds. The molecule has 0 fully saturated rings. The summed E-state index contributed by atoms with van der Waals surface area (Å²) in [6, 6.07) is 5.68. The summed E-state index contributed by atoms with van der Waals surface area (Å²) in [4.78, 5) is 21.4. The SMILES string of the molecule is CC(COC=O)OC(=O)c1ccc(O)cc1. The van der Waals surface area contributed by atoms with Crippen LogP contribution in [-0.4, -0.2) is 30.3 Å². The Hall–Kier alpha value is -2.04. The number of ether oxygens (including phenoxy) is 2. The molecule has 1 unspecified atom stereocenters. The van der Waals surface area contributed by atoms with Gasteiger partial charge in [-0.25, -0.2) is 4.79 Å². The van der Waals surface area contributed by atoms with E-state index in [-0.39, 0.29) is 12.4 Å². The summed E-state index contributed by atoms with van der Waals surface area (Å²) in [5.41, 5.74) is 0.329. The summed E-state index contributed by atoms with van der Waals surface area (Å²) >= 11 is 0. The Bertz CT molecular complexity index is 357. The summed E-state index contributed by atoms with van der Waals surface area (Å²) in [6.45, 7) is 1.93. The van der Waals surface area contributed by atoms with Gasteiger partial charge in [0.2, 0.25) is 0 Å². The lowest BCUT2D eigenvalue weighted by molar-refractivity contribution is -0.131. The van der Waals surface area contributed by atoms with Crippen LogP contribution >= 0.6 is 0 Å². The Morgan fingerprint density at radius 2 is 2.06 bits per heavy atom. The first-order valence-electron chi connectivity index (χ1n) is 4.68. The van der Waals surface area contributed by atoms with Gasteiger partial charge in [-0.3, -0.25) is 4.79 Å². The van der Waals surface area contributed by atoms with Crippen LogP contribution in [0.3, 0.4) is 0 Å². The van der Waals surface area contributed by atoms with E-state index in [1.807, 2.05) is 0 Å². The third kappa shape index (κ3) is 3.61. The fourth-order valence-electron chi connectivity index (χ4n) is 1.06. The summed E-state index contributed by atoms with van der Waals surface area (Å²) in [6.07, 6.45) is -0.508. The first kappa shape index (κ1) is 12.0. The smallest absolute Gasteiger partial charge is 0.338 e. The summed E-state index contributed by atoms with van der Waals surface area (Å²) in [5.74, 6) is -0.448. The van der Waals surface area contributed by atoms with Gasteiger partial charge < -0.3 is 14.6 Å². The molecule has 1 atom stereocenters. The number of rotatable bonds is 5. The quantitative estimate of drug-likeness (QED) is 0.599. The highest BCUT2D eigenvalue weighted by atomic mass is 16.6. The van der Waals surface area contributed by atoms with E-state index >= 15 is 0 Å². The van der Waals surface area contributed by atoms with Crippen molar-refractivity contribution in [2.45, 2.75) is 13.0 Å². The van der Waals surface area contributed by atoms with Gasteiger partial charge in [-0.15, -0.1) is 0 Å². The van der Waals surface area contributed by atoms with Crippen LogP contribution in [0.5, 0.6) is 5.75 Å². The molecular formula is C11H12O5. The largest absolute Gasteiger partial charge is 0.508 e. The van der Waals surface area contributed by atoms with Crippen LogP contribution in [0.25, 0.3) is 0 Å². The fraction of sp³-hybridized carbons (Fsp3) is 0.273. The normalized spacial score (nSPS) is 11.6. The Kier molecular flexibility index (Phi) is 4.32. The van der Waals surface area contributed by atoms with Crippen LogP contribution in [-0.2, 0) is 14.3 Å². The minimum Gasteiger partial charge on any atom is -0.508 e. The number of hydrogen-bond acceptors (Lipinski definition) is 5. The standard InChI is InChI=1S/C11H12O5/c1-8(6-15-7-12)16-11(14)9-2-4-10(13)5-3-9/h2-5,7-8,13H,6H2,1H3. The molecule has 0 bridgehead atoms. The number of esters is 1. The van der Waals surface area contributed by atoms with Crippen molar-refractivity contribution in [2.75, 3.05) is 6.61 Å². The van der Waals surface area contributed by atoms with Crippen LogP contribution in [0.1, 0.15) is 17.3 Å². The molecule has 0 saturated heterocycles. The monoisotopic (exact) mass is 224 g/mol. The Labute approximate surface area is 92.6 Å². The minimum absolute atomic E-state index is 0.0212. The second-order valence-electron chi connectivity index (χ2n) is 3.19. The van der Waals surface area contributed by atoms with Gasteiger partial charge in [0.15, 0.2) is 0 Å². The van der Waals surface area contributed by atoms with Crippen molar-refractivity contribution in [1.29, 1.82) is 0 Å². The summed E-state index contributed by atoms with van der Waals surface area (Å²) < 4.78 is 9.43. The number of phenolic OH excluding ortho intramolecular Hbond substituents is 1. The number of hydrogen-bond donors (Lipinski definition) is 1. The maximum atomic E-state index is 11.5. The molecule has 1 aromatic rings. The molecule has 0 aliphatic heterocycles. The molecule has 0 aliphatic rings. The molecule has 86 valence electrons. The lowest BCUT2D eigenvalue weighted by Crippen LogP contribution is -2.20. The van der Waals surface area contributed by atoms with Gasteiger partial charge >= 0.3 is 5.97 Å². The van der Waals surface area contributed by atoms with Crippen molar-refractivity contribution in [3.05, 3.63) is 29.8 Å². The van der Waals surface area contributed by atoms with Crippen molar-refractivity contribution in [2.24, 2.45) is 0 Å². The van der Waals surface area contributed by atoms with Gasteiger partial charge in [-0.1, -0.05) is 0 Å². The van der Waals surface area contributed by atoms with E-state index in [9.17, 15) is 9.59 Å². The molecule has 0 aliphatic carbocycles. The van der Waals surface area contributed by atoms with Gasteiger partial charge in [0.25, 0.3) is 6.47 Å². The van der Waals surface area contributed by atoms with Crippen LogP contribution < -0.4 is 0 Å². The minimum atomic E-state index is -0.526. The second-order valence-corrected chi connectivity index (χ2v) is 3.19. The van der Waals surface area contributed by atoms with Crippen LogP contribution in [0.15, 0.2) is 24.3 Å². The maximum Gasteiger partial charge on any atom is 0.338 e. The number of carbonyl (C=O) groups excluding carboxylic acids is 2. The summed E-state index contributed by atoms with van der Waals surface area (Å²) in [5, 5.41) is 9.03. The Morgan fingerprint density at radius 1 is 1.44 bits per heavy atom. The van der Waals surface area contributed by atoms with Crippen molar-refractivity contribution >= 4 is 12.4 Å². The van der Waals surface area contributed by atoms with E-state index in [4.69, 9.17) is 9.84 Å². The molecule has 0 heterocycles. The van der Waals surface area contributed by atoms with Crippen LogP contribution in [0, 0.1) is 0 Å². The Morgan fingerprint density at radius 3 is 2.62 bits per heavy atom. The van der Waals surface area contributed by atoms with E-state index in [1.165, 1.54) is 24.3 Å². The fourth-order valence-corrected chi connectivity index (χ4v) is 1.06. The molecule has 1 rings (SSSR count).